The molecule has 0 radical (unpaired) electrons. The molecule has 0 spiro atoms. The first-order valence-corrected chi connectivity index (χ1v) is 8.85. The van der Waals surface area contributed by atoms with E-state index in [2.05, 4.69) is 67.1 Å². The molecule has 2 aromatic rings. The molecule has 2 aromatic carbocycles. The second-order valence-corrected chi connectivity index (χ2v) is 7.32. The van der Waals surface area contributed by atoms with E-state index in [4.69, 9.17) is 0 Å². The van der Waals surface area contributed by atoms with Crippen LogP contribution in [0.2, 0.25) is 0 Å². The number of halogens is 1. The number of hydrogen-bond donors (Lipinski definition) is 1. The molecule has 0 aliphatic rings. The SMILES string of the molecule is CC(C)c1cccc(C(C)C)c1NCC(=O)c1cccc(Br)c1. The molecule has 3 heteroatoms. The molecule has 0 fully saturated rings. The van der Waals surface area contributed by atoms with E-state index in [0.29, 0.717) is 18.4 Å². The summed E-state index contributed by atoms with van der Waals surface area (Å²) in [7, 11) is 0. The molecule has 23 heavy (non-hydrogen) atoms. The summed E-state index contributed by atoms with van der Waals surface area (Å²) in [5.74, 6) is 0.925. The molecule has 0 atom stereocenters. The number of carbonyl (C=O) groups is 1. The minimum atomic E-state index is 0.0968. The average Bonchev–Trinajstić information content (AvgIpc) is 2.51. The summed E-state index contributed by atoms with van der Waals surface area (Å²) in [5.41, 5.74) is 4.36. The minimum Gasteiger partial charge on any atom is -0.377 e. The normalized spacial score (nSPS) is 11.1. The van der Waals surface area contributed by atoms with Crippen LogP contribution in [0.3, 0.4) is 0 Å². The van der Waals surface area contributed by atoms with Gasteiger partial charge in [-0.15, -0.1) is 0 Å². The van der Waals surface area contributed by atoms with Crippen LogP contribution in [0.4, 0.5) is 5.69 Å². The highest BCUT2D eigenvalue weighted by Crippen LogP contribution is 2.32. The predicted molar refractivity (Wildman–Crippen MR) is 102 cm³/mol. The fourth-order valence-corrected chi connectivity index (χ4v) is 3.09. The molecule has 0 aromatic heterocycles. The Balaban J connectivity index is 2.24. The van der Waals surface area contributed by atoms with Gasteiger partial charge in [0.15, 0.2) is 5.78 Å². The summed E-state index contributed by atoms with van der Waals surface area (Å²) in [6.45, 7) is 9.03. The fraction of sp³-hybridized carbons (Fsp3) is 0.350. The van der Waals surface area contributed by atoms with Crippen LogP contribution < -0.4 is 5.32 Å². The van der Waals surface area contributed by atoms with E-state index in [1.54, 1.807) is 0 Å². The lowest BCUT2D eigenvalue weighted by molar-refractivity contribution is 0.101. The van der Waals surface area contributed by atoms with Crippen LogP contribution >= 0.6 is 15.9 Å². The fourth-order valence-electron chi connectivity index (χ4n) is 2.69. The van der Waals surface area contributed by atoms with Crippen molar-refractivity contribution in [3.8, 4) is 0 Å². The van der Waals surface area contributed by atoms with Gasteiger partial charge in [-0.2, -0.15) is 0 Å². The lowest BCUT2D eigenvalue weighted by Gasteiger charge is -2.20. The van der Waals surface area contributed by atoms with Crippen molar-refractivity contribution in [2.45, 2.75) is 39.5 Å². The standard InChI is InChI=1S/C20H24BrNO/c1-13(2)17-9-6-10-18(14(3)4)20(17)22-12-19(23)15-7-5-8-16(21)11-15/h5-11,13-14,22H,12H2,1-4H3. The van der Waals surface area contributed by atoms with Crippen LogP contribution in [0, 0.1) is 0 Å². The first kappa shape index (κ1) is 17.7. The van der Waals surface area contributed by atoms with Gasteiger partial charge in [0.1, 0.15) is 0 Å². The average molecular weight is 374 g/mol. The van der Waals surface area contributed by atoms with Gasteiger partial charge in [-0.3, -0.25) is 4.79 Å². The molecule has 0 saturated carbocycles. The first-order chi connectivity index (χ1) is 10.9. The Bertz CT molecular complexity index is 666. The number of benzene rings is 2. The van der Waals surface area contributed by atoms with Crippen LogP contribution in [-0.4, -0.2) is 12.3 Å². The molecule has 0 aliphatic heterocycles. The highest BCUT2D eigenvalue weighted by Gasteiger charge is 2.15. The Morgan fingerprint density at radius 3 is 2.09 bits per heavy atom. The van der Waals surface area contributed by atoms with Gasteiger partial charge in [0.2, 0.25) is 0 Å². The zero-order chi connectivity index (χ0) is 17.0. The van der Waals surface area contributed by atoms with Crippen LogP contribution in [0.15, 0.2) is 46.9 Å². The number of rotatable bonds is 6. The molecule has 0 amide bonds. The summed E-state index contributed by atoms with van der Waals surface area (Å²) < 4.78 is 0.925. The van der Waals surface area contributed by atoms with Gasteiger partial charge in [0.05, 0.1) is 6.54 Å². The number of nitrogens with one attached hydrogen (secondary N) is 1. The molecule has 2 nitrogen and oxygen atoms in total. The number of carbonyl (C=O) groups excluding carboxylic acids is 1. The molecule has 1 N–H and O–H groups in total. The lowest BCUT2D eigenvalue weighted by Crippen LogP contribution is -2.16. The van der Waals surface area contributed by atoms with Gasteiger partial charge in [-0.1, -0.05) is 74.0 Å². The van der Waals surface area contributed by atoms with Gasteiger partial charge in [0, 0.05) is 15.7 Å². The van der Waals surface area contributed by atoms with Crippen LogP contribution in [0.25, 0.3) is 0 Å². The maximum Gasteiger partial charge on any atom is 0.181 e. The van der Waals surface area contributed by atoms with Gasteiger partial charge < -0.3 is 5.32 Å². The van der Waals surface area contributed by atoms with Crippen molar-refractivity contribution < 1.29 is 4.79 Å². The summed E-state index contributed by atoms with van der Waals surface area (Å²) in [4.78, 5) is 12.4. The number of Topliss-reactive ketones (excluding diaryl/α,β-unsaturated/α-hetero) is 1. The van der Waals surface area contributed by atoms with Gasteiger partial charge in [0.25, 0.3) is 0 Å². The second-order valence-electron chi connectivity index (χ2n) is 6.41. The van der Waals surface area contributed by atoms with E-state index in [1.165, 1.54) is 11.1 Å². The Morgan fingerprint density at radius 2 is 1.57 bits per heavy atom. The number of para-hydroxylation sites is 1. The smallest absolute Gasteiger partial charge is 0.181 e. The topological polar surface area (TPSA) is 29.1 Å². The third-order valence-electron chi connectivity index (χ3n) is 3.95. The van der Waals surface area contributed by atoms with Crippen molar-refractivity contribution in [2.24, 2.45) is 0 Å². The van der Waals surface area contributed by atoms with Crippen molar-refractivity contribution >= 4 is 27.4 Å². The van der Waals surface area contributed by atoms with E-state index in [9.17, 15) is 4.79 Å². The third kappa shape index (κ3) is 4.44. The molecule has 0 aliphatic carbocycles. The van der Waals surface area contributed by atoms with Crippen LogP contribution in [-0.2, 0) is 0 Å². The Kier molecular flexibility index (Phi) is 6.00. The number of anilines is 1. The van der Waals surface area contributed by atoms with Gasteiger partial charge in [-0.05, 0) is 35.1 Å². The molecule has 0 saturated heterocycles. The number of hydrogen-bond acceptors (Lipinski definition) is 2. The number of ketones is 1. The molecule has 0 bridgehead atoms. The highest BCUT2D eigenvalue weighted by atomic mass is 79.9. The summed E-state index contributed by atoms with van der Waals surface area (Å²) in [5, 5.41) is 3.40. The van der Waals surface area contributed by atoms with E-state index < -0.39 is 0 Å². The monoisotopic (exact) mass is 373 g/mol. The van der Waals surface area contributed by atoms with Crippen molar-refractivity contribution in [3.63, 3.8) is 0 Å². The largest absolute Gasteiger partial charge is 0.377 e. The molecule has 122 valence electrons. The van der Waals surface area contributed by atoms with E-state index in [0.717, 1.165) is 15.7 Å². The van der Waals surface area contributed by atoms with Gasteiger partial charge >= 0.3 is 0 Å². The molecule has 0 unspecified atom stereocenters. The molecule has 0 heterocycles. The first-order valence-electron chi connectivity index (χ1n) is 8.05. The lowest BCUT2D eigenvalue weighted by atomic mass is 9.92. The minimum absolute atomic E-state index is 0.0968. The highest BCUT2D eigenvalue weighted by molar-refractivity contribution is 9.10. The third-order valence-corrected chi connectivity index (χ3v) is 4.44. The Morgan fingerprint density at radius 1 is 1.00 bits per heavy atom. The Hall–Kier alpha value is -1.61. The van der Waals surface area contributed by atoms with Crippen molar-refractivity contribution in [1.82, 2.24) is 0 Å². The maximum absolute atomic E-state index is 12.4. The van der Waals surface area contributed by atoms with E-state index in [1.807, 2.05) is 24.3 Å². The quantitative estimate of drug-likeness (QED) is 0.629. The van der Waals surface area contributed by atoms with Crippen LogP contribution in [0.5, 0.6) is 0 Å². The van der Waals surface area contributed by atoms with Gasteiger partial charge in [-0.25, -0.2) is 0 Å². The zero-order valence-electron chi connectivity index (χ0n) is 14.2. The predicted octanol–water partition coefficient (Wildman–Crippen LogP) is 5.99. The van der Waals surface area contributed by atoms with Crippen molar-refractivity contribution in [2.75, 3.05) is 11.9 Å². The zero-order valence-corrected chi connectivity index (χ0v) is 15.8. The van der Waals surface area contributed by atoms with Crippen LogP contribution in [0.1, 0.15) is 61.0 Å². The van der Waals surface area contributed by atoms with Crippen molar-refractivity contribution in [3.05, 3.63) is 63.6 Å². The summed E-state index contributed by atoms with van der Waals surface area (Å²) in [6, 6.07) is 13.9. The summed E-state index contributed by atoms with van der Waals surface area (Å²) in [6.07, 6.45) is 0. The van der Waals surface area contributed by atoms with Crippen molar-refractivity contribution in [1.29, 1.82) is 0 Å². The molecular formula is C20H24BrNO. The van der Waals surface area contributed by atoms with E-state index in [-0.39, 0.29) is 5.78 Å². The molecular weight excluding hydrogens is 350 g/mol. The maximum atomic E-state index is 12.4. The molecule has 2 rings (SSSR count). The van der Waals surface area contributed by atoms with E-state index >= 15 is 0 Å². The summed E-state index contributed by atoms with van der Waals surface area (Å²) >= 11 is 3.42. The second kappa shape index (κ2) is 7.78. The Labute approximate surface area is 147 Å².